The summed E-state index contributed by atoms with van der Waals surface area (Å²) in [6.07, 6.45) is 6.26. The Labute approximate surface area is 199 Å². The second kappa shape index (κ2) is 8.75. The van der Waals surface area contributed by atoms with Crippen molar-refractivity contribution in [3.05, 3.63) is 24.5 Å². The van der Waals surface area contributed by atoms with Crippen LogP contribution in [0.1, 0.15) is 32.5 Å². The fraction of sp³-hybridized carbons (Fsp3) is 0.545. The van der Waals surface area contributed by atoms with E-state index in [-0.39, 0.29) is 17.1 Å². The van der Waals surface area contributed by atoms with Crippen LogP contribution in [0.25, 0.3) is 22.6 Å². The van der Waals surface area contributed by atoms with Gasteiger partial charge in [0.1, 0.15) is 24.0 Å². The van der Waals surface area contributed by atoms with Crippen LogP contribution >= 0.6 is 10.6 Å². The van der Waals surface area contributed by atoms with Crippen molar-refractivity contribution in [1.82, 2.24) is 34.4 Å². The minimum atomic E-state index is -2.60. The Bertz CT molecular complexity index is 1210. The largest absolute Gasteiger partial charge is 0.356 e. The standard InChI is InChI=1S/C22H30N8O3S/c1-4-16(22(31)29-10-14-6-7-34(32,33)17(14)11-29)27-19-18-21(26-12-25-19)30(5-2)20(28-18)15-8-23-13(3)24-9-15/h8-9,12,14,16-17,32-33H,4-7,10-11H2,1-3H3,(H,25,26,27)/t14-,16+,17+/m0/s1. The molecule has 11 nitrogen and oxygen atoms in total. The van der Waals surface area contributed by atoms with Gasteiger partial charge in [0.2, 0.25) is 5.91 Å². The minimum Gasteiger partial charge on any atom is -0.356 e. The van der Waals surface area contributed by atoms with Crippen molar-refractivity contribution in [2.45, 2.75) is 51.4 Å². The zero-order chi connectivity index (χ0) is 24.0. The van der Waals surface area contributed by atoms with Crippen LogP contribution in [0.3, 0.4) is 0 Å². The topological polar surface area (TPSA) is 142 Å². The number of carbonyl (C=O) groups is 1. The van der Waals surface area contributed by atoms with Gasteiger partial charge in [-0.2, -0.15) is 10.6 Å². The molecular weight excluding hydrogens is 456 g/mol. The van der Waals surface area contributed by atoms with Crippen molar-refractivity contribution in [1.29, 1.82) is 0 Å². The van der Waals surface area contributed by atoms with Crippen molar-refractivity contribution in [3.63, 3.8) is 0 Å². The molecule has 182 valence electrons. The van der Waals surface area contributed by atoms with E-state index in [9.17, 15) is 13.9 Å². The average molecular weight is 487 g/mol. The Kier molecular flexibility index (Phi) is 5.90. The van der Waals surface area contributed by atoms with Crippen molar-refractivity contribution in [2.75, 3.05) is 24.2 Å². The number of nitrogens with one attached hydrogen (secondary N) is 1. The molecule has 5 heterocycles. The lowest BCUT2D eigenvalue weighted by Gasteiger charge is -2.34. The van der Waals surface area contributed by atoms with Gasteiger partial charge in [-0.15, -0.1) is 0 Å². The molecule has 3 atom stereocenters. The van der Waals surface area contributed by atoms with E-state index in [1.165, 1.54) is 6.33 Å². The monoisotopic (exact) mass is 486 g/mol. The number of hydrogen-bond acceptors (Lipinski definition) is 9. The zero-order valence-electron chi connectivity index (χ0n) is 19.5. The van der Waals surface area contributed by atoms with Crippen molar-refractivity contribution < 1.29 is 13.9 Å². The molecule has 2 aliphatic rings. The lowest BCUT2D eigenvalue weighted by molar-refractivity contribution is -0.131. The minimum absolute atomic E-state index is 0.0547. The molecule has 3 aromatic heterocycles. The first-order chi connectivity index (χ1) is 16.3. The summed E-state index contributed by atoms with van der Waals surface area (Å²) in [5, 5.41) is 3.08. The smallest absolute Gasteiger partial charge is 0.245 e. The molecule has 5 rings (SSSR count). The molecule has 0 spiro atoms. The highest BCUT2D eigenvalue weighted by atomic mass is 32.3. The summed E-state index contributed by atoms with van der Waals surface area (Å²) < 4.78 is 22.6. The number of aryl methyl sites for hydroxylation is 2. The Morgan fingerprint density at radius 2 is 1.97 bits per heavy atom. The van der Waals surface area contributed by atoms with Gasteiger partial charge in [-0.05, 0) is 32.6 Å². The second-order valence-electron chi connectivity index (χ2n) is 8.95. The summed E-state index contributed by atoms with van der Waals surface area (Å²) in [6.45, 7) is 7.40. The first-order valence-corrected chi connectivity index (χ1v) is 13.4. The first kappa shape index (κ1) is 22.9. The van der Waals surface area contributed by atoms with Gasteiger partial charge >= 0.3 is 0 Å². The van der Waals surface area contributed by atoms with E-state index >= 15 is 0 Å². The molecule has 0 saturated carbocycles. The predicted molar refractivity (Wildman–Crippen MR) is 131 cm³/mol. The van der Waals surface area contributed by atoms with Crippen LogP contribution in [0.5, 0.6) is 0 Å². The summed E-state index contributed by atoms with van der Waals surface area (Å²) in [5.74, 6) is 2.43. The Morgan fingerprint density at radius 3 is 2.65 bits per heavy atom. The van der Waals surface area contributed by atoms with Crippen LogP contribution in [0, 0.1) is 12.8 Å². The number of rotatable bonds is 6. The van der Waals surface area contributed by atoms with Gasteiger partial charge in [-0.3, -0.25) is 13.9 Å². The Hall–Kier alpha value is -2.83. The van der Waals surface area contributed by atoms with Crippen LogP contribution in [0.4, 0.5) is 5.82 Å². The molecular formula is C22H30N8O3S. The second-order valence-corrected chi connectivity index (χ2v) is 11.4. The van der Waals surface area contributed by atoms with E-state index in [4.69, 9.17) is 4.98 Å². The molecule has 3 N–H and O–H groups in total. The van der Waals surface area contributed by atoms with Crippen LogP contribution in [0.15, 0.2) is 18.7 Å². The lowest BCUT2D eigenvalue weighted by Crippen LogP contribution is -2.42. The first-order valence-electron chi connectivity index (χ1n) is 11.6. The number of likely N-dealkylation sites (tertiary alicyclic amines) is 1. The van der Waals surface area contributed by atoms with Crippen molar-refractivity contribution in [2.24, 2.45) is 5.92 Å². The zero-order valence-corrected chi connectivity index (χ0v) is 20.4. The van der Waals surface area contributed by atoms with E-state index in [0.29, 0.717) is 60.4 Å². The molecule has 2 saturated heterocycles. The number of fused-ring (bicyclic) bond motifs is 2. The number of aromatic nitrogens is 6. The molecule has 0 aromatic carbocycles. The molecule has 2 fully saturated rings. The summed E-state index contributed by atoms with van der Waals surface area (Å²) in [6, 6.07) is -0.503. The molecule has 12 heteroatoms. The molecule has 34 heavy (non-hydrogen) atoms. The molecule has 2 aliphatic heterocycles. The highest BCUT2D eigenvalue weighted by Crippen LogP contribution is 2.57. The van der Waals surface area contributed by atoms with Crippen LogP contribution in [0.2, 0.25) is 0 Å². The van der Waals surface area contributed by atoms with Crippen LogP contribution in [-0.2, 0) is 11.3 Å². The van der Waals surface area contributed by atoms with Gasteiger partial charge in [0.05, 0.1) is 10.8 Å². The normalized spacial score (nSPS) is 23.1. The molecule has 0 unspecified atom stereocenters. The third-order valence-electron chi connectivity index (χ3n) is 6.87. The summed E-state index contributed by atoms with van der Waals surface area (Å²) in [5.41, 5.74) is 2.03. The maximum Gasteiger partial charge on any atom is 0.245 e. The number of anilines is 1. The van der Waals surface area contributed by atoms with Gasteiger partial charge in [0.25, 0.3) is 0 Å². The van der Waals surface area contributed by atoms with E-state index in [1.807, 2.05) is 25.3 Å². The summed E-state index contributed by atoms with van der Waals surface area (Å²) in [7, 11) is -2.60. The fourth-order valence-corrected chi connectivity index (χ4v) is 7.21. The SMILES string of the molecule is CC[C@@H](Nc1ncnc2c1nc(-c1cnc(C)nc1)n2CC)C(=O)N1C[C@@H]2CCS(O)(O)[C@@H]2C1. The van der Waals surface area contributed by atoms with Gasteiger partial charge < -0.3 is 14.8 Å². The van der Waals surface area contributed by atoms with Gasteiger partial charge in [0.15, 0.2) is 17.0 Å². The third kappa shape index (κ3) is 3.89. The van der Waals surface area contributed by atoms with Crippen molar-refractivity contribution >= 4 is 33.5 Å². The summed E-state index contributed by atoms with van der Waals surface area (Å²) in [4.78, 5) is 37.4. The fourth-order valence-electron chi connectivity index (χ4n) is 5.00. The molecule has 0 bridgehead atoms. The Balaban J connectivity index is 1.42. The number of hydrogen-bond donors (Lipinski definition) is 3. The van der Waals surface area contributed by atoms with Gasteiger partial charge in [-0.25, -0.2) is 24.9 Å². The highest BCUT2D eigenvalue weighted by Gasteiger charge is 2.48. The van der Waals surface area contributed by atoms with E-state index in [2.05, 4.69) is 25.3 Å². The van der Waals surface area contributed by atoms with Crippen molar-refractivity contribution in [3.8, 4) is 11.4 Å². The number of imidazole rings is 1. The molecule has 3 aromatic rings. The maximum atomic E-state index is 13.4. The molecule has 0 radical (unpaired) electrons. The third-order valence-corrected chi connectivity index (χ3v) is 9.21. The lowest BCUT2D eigenvalue weighted by atomic mass is 10.1. The van der Waals surface area contributed by atoms with Gasteiger partial charge in [-0.1, -0.05) is 6.92 Å². The molecule has 0 aliphatic carbocycles. The highest BCUT2D eigenvalue weighted by molar-refractivity contribution is 8.25. The average Bonchev–Trinajstić information content (AvgIpc) is 3.50. The number of carbonyl (C=O) groups excluding carboxylic acids is 1. The van der Waals surface area contributed by atoms with E-state index in [1.54, 1.807) is 17.3 Å². The Morgan fingerprint density at radius 1 is 1.21 bits per heavy atom. The van der Waals surface area contributed by atoms with Gasteiger partial charge in [0, 0.05) is 37.8 Å². The summed E-state index contributed by atoms with van der Waals surface area (Å²) >= 11 is 0. The molecule has 1 amide bonds. The predicted octanol–water partition coefficient (Wildman–Crippen LogP) is 2.78. The van der Waals surface area contributed by atoms with E-state index in [0.717, 1.165) is 12.0 Å². The van der Waals surface area contributed by atoms with E-state index < -0.39 is 16.6 Å². The van der Waals surface area contributed by atoms with Crippen LogP contribution in [-0.4, -0.2) is 79.5 Å². The van der Waals surface area contributed by atoms with Crippen LogP contribution < -0.4 is 5.32 Å². The quantitative estimate of drug-likeness (QED) is 0.479. The number of nitrogens with zero attached hydrogens (tertiary/aromatic N) is 7. The maximum absolute atomic E-state index is 13.4. The number of amides is 1.